The number of aromatic nitrogens is 1. The van der Waals surface area contributed by atoms with Crippen LogP contribution in [0.2, 0.25) is 0 Å². The maximum atomic E-state index is 14.0. The lowest BCUT2D eigenvalue weighted by atomic mass is 9.81. The molecule has 2 N–H and O–H groups in total. The van der Waals surface area contributed by atoms with Crippen molar-refractivity contribution in [2.45, 2.75) is 38.0 Å². The Hall–Kier alpha value is -1.91. The van der Waals surface area contributed by atoms with Gasteiger partial charge in [0.1, 0.15) is 11.6 Å². The minimum Gasteiger partial charge on any atom is -0.367 e. The molecule has 3 nitrogen and oxygen atoms in total. The molecule has 0 amide bonds. The predicted octanol–water partition coefficient (Wildman–Crippen LogP) is 4.03. The predicted molar refractivity (Wildman–Crippen MR) is 72.1 cm³/mol. The SMILES string of the molecule is CC1(c2noc(N)c2-c2ccc(F)cc2F)CCCC1. The fourth-order valence-electron chi connectivity index (χ4n) is 3.06. The molecule has 0 radical (unpaired) electrons. The van der Waals surface area contributed by atoms with Gasteiger partial charge < -0.3 is 10.3 Å². The third kappa shape index (κ3) is 1.97. The number of rotatable bonds is 2. The summed E-state index contributed by atoms with van der Waals surface area (Å²) < 4.78 is 32.2. The van der Waals surface area contributed by atoms with Gasteiger partial charge in [0.05, 0.1) is 11.3 Å². The Morgan fingerprint density at radius 1 is 1.25 bits per heavy atom. The standard InChI is InChI=1S/C15H16F2N2O/c1-15(6-2-3-7-15)13-12(14(18)20-19-13)10-5-4-9(16)8-11(10)17/h4-5,8H,2-3,6-7,18H2,1H3. The molecule has 1 aliphatic rings. The first-order chi connectivity index (χ1) is 9.51. The number of hydrogen-bond acceptors (Lipinski definition) is 3. The van der Waals surface area contributed by atoms with E-state index < -0.39 is 11.6 Å². The van der Waals surface area contributed by atoms with E-state index in [1.54, 1.807) is 0 Å². The highest BCUT2D eigenvalue weighted by molar-refractivity contribution is 5.76. The minimum absolute atomic E-state index is 0.0821. The van der Waals surface area contributed by atoms with E-state index in [-0.39, 0.29) is 16.9 Å². The van der Waals surface area contributed by atoms with Crippen LogP contribution >= 0.6 is 0 Å². The zero-order valence-electron chi connectivity index (χ0n) is 11.2. The number of nitrogen functional groups attached to an aromatic ring is 1. The van der Waals surface area contributed by atoms with Crippen LogP contribution in [0.15, 0.2) is 22.7 Å². The molecule has 0 aliphatic heterocycles. The van der Waals surface area contributed by atoms with Crippen LogP contribution in [0.5, 0.6) is 0 Å². The molecular formula is C15H16F2N2O. The molecule has 0 bridgehead atoms. The van der Waals surface area contributed by atoms with Gasteiger partial charge in [0.2, 0.25) is 5.88 Å². The number of halogens is 2. The Labute approximate surface area is 115 Å². The minimum atomic E-state index is -0.650. The number of anilines is 1. The Morgan fingerprint density at radius 2 is 1.95 bits per heavy atom. The van der Waals surface area contributed by atoms with Crippen LogP contribution in [0.4, 0.5) is 14.7 Å². The Kier molecular flexibility index (Phi) is 3.00. The molecule has 0 atom stereocenters. The van der Waals surface area contributed by atoms with Crippen LogP contribution in [0.1, 0.15) is 38.3 Å². The average Bonchev–Trinajstić information content (AvgIpc) is 2.98. The van der Waals surface area contributed by atoms with Crippen LogP contribution in [-0.4, -0.2) is 5.16 Å². The molecule has 0 spiro atoms. The molecule has 1 heterocycles. The van der Waals surface area contributed by atoms with Gasteiger partial charge in [0.25, 0.3) is 0 Å². The summed E-state index contributed by atoms with van der Waals surface area (Å²) in [7, 11) is 0. The third-order valence-electron chi connectivity index (χ3n) is 4.20. The monoisotopic (exact) mass is 278 g/mol. The van der Waals surface area contributed by atoms with Crippen molar-refractivity contribution in [1.82, 2.24) is 5.16 Å². The molecule has 5 heteroatoms. The fourth-order valence-corrected chi connectivity index (χ4v) is 3.06. The van der Waals surface area contributed by atoms with E-state index in [1.165, 1.54) is 12.1 Å². The normalized spacial score (nSPS) is 17.6. The molecule has 1 saturated carbocycles. The molecule has 0 saturated heterocycles. The van der Waals surface area contributed by atoms with Gasteiger partial charge in [-0.25, -0.2) is 8.78 Å². The zero-order chi connectivity index (χ0) is 14.3. The molecule has 1 aliphatic carbocycles. The van der Waals surface area contributed by atoms with E-state index in [2.05, 4.69) is 12.1 Å². The van der Waals surface area contributed by atoms with Crippen molar-refractivity contribution in [1.29, 1.82) is 0 Å². The molecule has 2 aromatic rings. The van der Waals surface area contributed by atoms with Gasteiger partial charge in [-0.05, 0) is 25.0 Å². The summed E-state index contributed by atoms with van der Waals surface area (Å²) >= 11 is 0. The molecule has 1 aromatic carbocycles. The quantitative estimate of drug-likeness (QED) is 0.902. The Balaban J connectivity index is 2.16. The van der Waals surface area contributed by atoms with Crippen molar-refractivity contribution in [3.05, 3.63) is 35.5 Å². The molecule has 0 unspecified atom stereocenters. The first kappa shape index (κ1) is 13.1. The number of benzene rings is 1. The average molecular weight is 278 g/mol. The van der Waals surface area contributed by atoms with E-state index in [0.29, 0.717) is 11.3 Å². The second-order valence-corrected chi connectivity index (χ2v) is 5.66. The zero-order valence-corrected chi connectivity index (χ0v) is 11.2. The Bertz CT molecular complexity index is 645. The van der Waals surface area contributed by atoms with Gasteiger partial charge in [-0.2, -0.15) is 0 Å². The van der Waals surface area contributed by atoms with Crippen LogP contribution in [0.25, 0.3) is 11.1 Å². The number of nitrogens with zero attached hydrogens (tertiary/aromatic N) is 1. The maximum Gasteiger partial charge on any atom is 0.230 e. The fraction of sp³-hybridized carbons (Fsp3) is 0.400. The first-order valence-electron chi connectivity index (χ1n) is 6.72. The summed E-state index contributed by atoms with van der Waals surface area (Å²) in [6, 6.07) is 3.45. The lowest BCUT2D eigenvalue weighted by Gasteiger charge is -2.21. The summed E-state index contributed by atoms with van der Waals surface area (Å²) in [5.41, 5.74) is 7.05. The van der Waals surface area contributed by atoms with Crippen LogP contribution in [-0.2, 0) is 5.41 Å². The summed E-state index contributed by atoms with van der Waals surface area (Å²) in [4.78, 5) is 0. The van der Waals surface area contributed by atoms with Crippen molar-refractivity contribution in [2.75, 3.05) is 5.73 Å². The molecule has 106 valence electrons. The van der Waals surface area contributed by atoms with Gasteiger partial charge in [0, 0.05) is 17.0 Å². The summed E-state index contributed by atoms with van der Waals surface area (Å²) in [6.07, 6.45) is 4.15. The largest absolute Gasteiger partial charge is 0.367 e. The van der Waals surface area contributed by atoms with Gasteiger partial charge in [-0.1, -0.05) is 24.9 Å². The molecular weight excluding hydrogens is 262 g/mol. The molecule has 3 rings (SSSR count). The maximum absolute atomic E-state index is 14.0. The number of nitrogens with two attached hydrogens (primary N) is 1. The van der Waals surface area contributed by atoms with Crippen molar-refractivity contribution in [3.63, 3.8) is 0 Å². The lowest BCUT2D eigenvalue weighted by Crippen LogP contribution is -2.18. The molecule has 20 heavy (non-hydrogen) atoms. The van der Waals surface area contributed by atoms with Gasteiger partial charge >= 0.3 is 0 Å². The van der Waals surface area contributed by atoms with Crippen LogP contribution in [0, 0.1) is 11.6 Å². The van der Waals surface area contributed by atoms with Crippen molar-refractivity contribution in [3.8, 4) is 11.1 Å². The Morgan fingerprint density at radius 3 is 2.60 bits per heavy atom. The van der Waals surface area contributed by atoms with Gasteiger partial charge in [-0.3, -0.25) is 0 Å². The number of hydrogen-bond donors (Lipinski definition) is 1. The van der Waals surface area contributed by atoms with Crippen molar-refractivity contribution >= 4 is 5.88 Å². The van der Waals surface area contributed by atoms with E-state index in [1.807, 2.05) is 0 Å². The van der Waals surface area contributed by atoms with Crippen molar-refractivity contribution < 1.29 is 13.3 Å². The van der Waals surface area contributed by atoms with E-state index in [0.717, 1.165) is 31.7 Å². The lowest BCUT2D eigenvalue weighted by molar-refractivity contribution is 0.386. The first-order valence-corrected chi connectivity index (χ1v) is 6.72. The summed E-state index contributed by atoms with van der Waals surface area (Å²) in [5, 5.41) is 4.05. The topological polar surface area (TPSA) is 52.0 Å². The van der Waals surface area contributed by atoms with E-state index >= 15 is 0 Å². The van der Waals surface area contributed by atoms with Crippen LogP contribution in [0.3, 0.4) is 0 Å². The smallest absolute Gasteiger partial charge is 0.230 e. The van der Waals surface area contributed by atoms with Gasteiger partial charge in [-0.15, -0.1) is 0 Å². The summed E-state index contributed by atoms with van der Waals surface area (Å²) in [6.45, 7) is 2.09. The van der Waals surface area contributed by atoms with Crippen LogP contribution < -0.4 is 5.73 Å². The van der Waals surface area contributed by atoms with Crippen molar-refractivity contribution in [2.24, 2.45) is 0 Å². The highest BCUT2D eigenvalue weighted by atomic mass is 19.1. The van der Waals surface area contributed by atoms with E-state index in [4.69, 9.17) is 10.3 Å². The van der Waals surface area contributed by atoms with Gasteiger partial charge in [0.15, 0.2) is 0 Å². The molecule has 1 aromatic heterocycles. The van der Waals surface area contributed by atoms with E-state index in [9.17, 15) is 8.78 Å². The highest BCUT2D eigenvalue weighted by Gasteiger charge is 2.37. The second-order valence-electron chi connectivity index (χ2n) is 5.66. The third-order valence-corrected chi connectivity index (χ3v) is 4.20. The second kappa shape index (κ2) is 4.58. The highest BCUT2D eigenvalue weighted by Crippen LogP contribution is 2.46. The summed E-state index contributed by atoms with van der Waals surface area (Å²) in [5.74, 6) is -1.18. The molecule has 1 fully saturated rings.